The number of nitrogens with zero attached hydrogens (tertiary/aromatic N) is 2. The number of aromatic carboxylic acids is 1. The molecular formula is C13H11ClN2O2. The Kier molecular flexibility index (Phi) is 2.59. The topological polar surface area (TPSA) is 55.1 Å². The lowest BCUT2D eigenvalue weighted by Crippen LogP contribution is -2.07. The van der Waals surface area contributed by atoms with Crippen molar-refractivity contribution in [1.29, 1.82) is 0 Å². The lowest BCUT2D eigenvalue weighted by molar-refractivity contribution is 0.0687. The van der Waals surface area contributed by atoms with Crippen molar-refractivity contribution in [2.75, 3.05) is 0 Å². The summed E-state index contributed by atoms with van der Waals surface area (Å²) >= 11 is 5.82. The van der Waals surface area contributed by atoms with Gasteiger partial charge in [0.05, 0.1) is 11.4 Å². The van der Waals surface area contributed by atoms with Gasteiger partial charge in [-0.25, -0.2) is 9.48 Å². The molecule has 1 aromatic carbocycles. The number of halogens is 1. The Hall–Kier alpha value is -1.81. The van der Waals surface area contributed by atoms with E-state index in [1.165, 1.54) is 4.68 Å². The van der Waals surface area contributed by atoms with Gasteiger partial charge in [-0.15, -0.1) is 0 Å². The number of hydrogen-bond acceptors (Lipinski definition) is 2. The minimum absolute atomic E-state index is 0.194. The summed E-state index contributed by atoms with van der Waals surface area (Å²) in [5, 5.41) is 14.2. The van der Waals surface area contributed by atoms with E-state index in [4.69, 9.17) is 11.6 Å². The third kappa shape index (κ3) is 1.99. The van der Waals surface area contributed by atoms with Crippen LogP contribution in [0.2, 0.25) is 5.02 Å². The molecule has 1 aromatic heterocycles. The summed E-state index contributed by atoms with van der Waals surface area (Å²) in [4.78, 5) is 11.2. The molecule has 0 unspecified atom stereocenters. The molecule has 0 bridgehead atoms. The van der Waals surface area contributed by atoms with Crippen LogP contribution in [0.4, 0.5) is 0 Å². The average Bonchev–Trinajstić information content (AvgIpc) is 3.09. The maximum Gasteiger partial charge on any atom is 0.354 e. The largest absolute Gasteiger partial charge is 0.477 e. The van der Waals surface area contributed by atoms with E-state index in [0.717, 1.165) is 18.5 Å². The number of aromatic nitrogens is 2. The average molecular weight is 263 g/mol. The Morgan fingerprint density at radius 3 is 2.56 bits per heavy atom. The first-order chi connectivity index (χ1) is 8.65. The van der Waals surface area contributed by atoms with Crippen molar-refractivity contribution in [3.8, 4) is 5.69 Å². The van der Waals surface area contributed by atoms with Gasteiger partial charge in [-0.1, -0.05) is 11.6 Å². The minimum atomic E-state index is -0.968. The normalized spacial score (nSPS) is 14.7. The fraction of sp³-hybridized carbons (Fsp3) is 0.231. The monoisotopic (exact) mass is 262 g/mol. The van der Waals surface area contributed by atoms with Gasteiger partial charge in [0, 0.05) is 10.9 Å². The molecule has 3 rings (SSSR count). The maximum absolute atomic E-state index is 11.2. The van der Waals surface area contributed by atoms with Gasteiger partial charge in [-0.05, 0) is 43.2 Å². The number of carbonyl (C=O) groups is 1. The van der Waals surface area contributed by atoms with Crippen LogP contribution in [-0.4, -0.2) is 20.9 Å². The lowest BCUT2D eigenvalue weighted by atomic mass is 10.2. The van der Waals surface area contributed by atoms with Gasteiger partial charge in [-0.2, -0.15) is 5.10 Å². The highest BCUT2D eigenvalue weighted by molar-refractivity contribution is 6.30. The molecule has 18 heavy (non-hydrogen) atoms. The number of benzene rings is 1. The molecule has 5 heteroatoms. The Morgan fingerprint density at radius 2 is 2.00 bits per heavy atom. The van der Waals surface area contributed by atoms with Gasteiger partial charge in [0.2, 0.25) is 0 Å². The Balaban J connectivity index is 2.08. The zero-order valence-electron chi connectivity index (χ0n) is 9.51. The third-order valence-corrected chi connectivity index (χ3v) is 3.27. The quantitative estimate of drug-likeness (QED) is 0.925. The molecular weight excluding hydrogens is 252 g/mol. The predicted octanol–water partition coefficient (Wildman–Crippen LogP) is 3.10. The summed E-state index contributed by atoms with van der Waals surface area (Å²) in [5.74, 6) is -0.541. The molecule has 1 aliphatic rings. The first-order valence-corrected chi connectivity index (χ1v) is 6.12. The summed E-state index contributed by atoms with van der Waals surface area (Å²) < 4.78 is 1.46. The van der Waals surface area contributed by atoms with E-state index in [0.29, 0.717) is 16.6 Å². The van der Waals surface area contributed by atoms with E-state index in [-0.39, 0.29) is 5.69 Å². The number of hydrogen-bond donors (Lipinski definition) is 1. The van der Waals surface area contributed by atoms with Crippen molar-refractivity contribution in [1.82, 2.24) is 9.78 Å². The Labute approximate surface area is 109 Å². The molecule has 0 spiro atoms. The zero-order valence-corrected chi connectivity index (χ0v) is 10.3. The van der Waals surface area contributed by atoms with Crippen molar-refractivity contribution in [2.45, 2.75) is 18.8 Å². The van der Waals surface area contributed by atoms with Crippen LogP contribution in [0.15, 0.2) is 30.3 Å². The molecule has 0 saturated heterocycles. The molecule has 1 aliphatic carbocycles. The SMILES string of the molecule is O=C(O)c1cc(C2CC2)nn1-c1ccc(Cl)cc1. The van der Waals surface area contributed by atoms with E-state index < -0.39 is 5.97 Å². The smallest absolute Gasteiger partial charge is 0.354 e. The molecule has 1 fully saturated rings. The van der Waals surface area contributed by atoms with Crippen LogP contribution in [0.5, 0.6) is 0 Å². The van der Waals surface area contributed by atoms with Crippen LogP contribution in [-0.2, 0) is 0 Å². The molecule has 1 heterocycles. The molecule has 4 nitrogen and oxygen atoms in total. The second kappa shape index (κ2) is 4.14. The van der Waals surface area contributed by atoms with Crippen LogP contribution in [0.1, 0.15) is 34.9 Å². The third-order valence-electron chi connectivity index (χ3n) is 3.01. The number of carboxylic acid groups (broad SMARTS) is 1. The maximum atomic E-state index is 11.2. The summed E-state index contributed by atoms with van der Waals surface area (Å²) in [7, 11) is 0. The van der Waals surface area contributed by atoms with Crippen LogP contribution in [0.3, 0.4) is 0 Å². The van der Waals surface area contributed by atoms with Gasteiger partial charge in [0.15, 0.2) is 5.69 Å². The summed E-state index contributed by atoms with van der Waals surface area (Å²) in [6.07, 6.45) is 2.19. The highest BCUT2D eigenvalue weighted by atomic mass is 35.5. The number of rotatable bonds is 3. The van der Waals surface area contributed by atoms with E-state index in [9.17, 15) is 9.90 Å². The van der Waals surface area contributed by atoms with Gasteiger partial charge in [-0.3, -0.25) is 0 Å². The minimum Gasteiger partial charge on any atom is -0.477 e. The standard InChI is InChI=1S/C13H11ClN2O2/c14-9-3-5-10(6-4-9)16-12(13(17)18)7-11(15-16)8-1-2-8/h3-8H,1-2H2,(H,17,18). The zero-order chi connectivity index (χ0) is 12.7. The van der Waals surface area contributed by atoms with Gasteiger partial charge in [0.1, 0.15) is 0 Å². The lowest BCUT2D eigenvalue weighted by Gasteiger charge is -2.04. The molecule has 1 N–H and O–H groups in total. The molecule has 1 saturated carbocycles. The van der Waals surface area contributed by atoms with Gasteiger partial charge < -0.3 is 5.11 Å². The van der Waals surface area contributed by atoms with E-state index in [1.807, 2.05) is 0 Å². The molecule has 0 aliphatic heterocycles. The van der Waals surface area contributed by atoms with Crippen molar-refractivity contribution in [3.63, 3.8) is 0 Å². The van der Waals surface area contributed by atoms with Crippen molar-refractivity contribution >= 4 is 17.6 Å². The first kappa shape index (κ1) is 11.3. The van der Waals surface area contributed by atoms with Crippen LogP contribution < -0.4 is 0 Å². The molecule has 0 atom stereocenters. The first-order valence-electron chi connectivity index (χ1n) is 5.74. The van der Waals surface area contributed by atoms with Gasteiger partial charge in [0.25, 0.3) is 0 Å². The Bertz CT molecular complexity index is 600. The Morgan fingerprint density at radius 1 is 1.33 bits per heavy atom. The fourth-order valence-electron chi connectivity index (χ4n) is 1.91. The summed E-state index contributed by atoms with van der Waals surface area (Å²) in [5.41, 5.74) is 1.77. The molecule has 0 radical (unpaired) electrons. The summed E-state index contributed by atoms with van der Waals surface area (Å²) in [6.45, 7) is 0. The van der Waals surface area contributed by atoms with Crippen molar-refractivity contribution < 1.29 is 9.90 Å². The highest BCUT2D eigenvalue weighted by Crippen LogP contribution is 2.39. The molecule has 92 valence electrons. The fourth-order valence-corrected chi connectivity index (χ4v) is 2.04. The van der Waals surface area contributed by atoms with E-state index >= 15 is 0 Å². The van der Waals surface area contributed by atoms with Gasteiger partial charge >= 0.3 is 5.97 Å². The van der Waals surface area contributed by atoms with Crippen molar-refractivity contribution in [3.05, 3.63) is 46.7 Å². The van der Waals surface area contributed by atoms with E-state index in [2.05, 4.69) is 5.10 Å². The van der Waals surface area contributed by atoms with Crippen LogP contribution in [0, 0.1) is 0 Å². The van der Waals surface area contributed by atoms with Crippen LogP contribution >= 0.6 is 11.6 Å². The van der Waals surface area contributed by atoms with Crippen molar-refractivity contribution in [2.24, 2.45) is 0 Å². The van der Waals surface area contributed by atoms with E-state index in [1.54, 1.807) is 30.3 Å². The second-order valence-corrected chi connectivity index (χ2v) is 4.86. The summed E-state index contributed by atoms with van der Waals surface area (Å²) in [6, 6.07) is 8.63. The van der Waals surface area contributed by atoms with Crippen LogP contribution in [0.25, 0.3) is 5.69 Å². The highest BCUT2D eigenvalue weighted by Gasteiger charge is 2.28. The predicted molar refractivity (Wildman–Crippen MR) is 67.5 cm³/mol. The molecule has 2 aromatic rings. The number of carboxylic acids is 1. The molecule has 0 amide bonds. The second-order valence-electron chi connectivity index (χ2n) is 4.42.